The molecule has 0 spiro atoms. The van der Waals surface area contributed by atoms with Crippen LogP contribution in [0, 0.1) is 0 Å². The second-order valence-corrected chi connectivity index (χ2v) is 6.28. The van der Waals surface area contributed by atoms with Crippen molar-refractivity contribution in [3.8, 4) is 11.5 Å². The lowest BCUT2D eigenvalue weighted by Crippen LogP contribution is -2.26. The largest absolute Gasteiger partial charge is 0.493 e. The smallest absolute Gasteiger partial charge is 0.268 e. The van der Waals surface area contributed by atoms with E-state index in [-0.39, 0.29) is 5.91 Å². The maximum Gasteiger partial charge on any atom is 0.268 e. The Labute approximate surface area is 168 Å². The fourth-order valence-corrected chi connectivity index (χ4v) is 2.55. The second kappa shape index (κ2) is 10.0. The van der Waals surface area contributed by atoms with Gasteiger partial charge in [-0.15, -0.1) is 0 Å². The molecule has 2 aromatic carbocycles. The molecule has 0 heterocycles. The molecular weight excluding hydrogens is 391 g/mol. The molecule has 2 aromatic rings. The molecule has 1 atom stereocenters. The topological polar surface area (TPSA) is 69.2 Å². The van der Waals surface area contributed by atoms with E-state index in [4.69, 9.17) is 37.5 Å². The van der Waals surface area contributed by atoms with Crippen molar-refractivity contribution in [3.05, 3.63) is 52.0 Å². The van der Waals surface area contributed by atoms with Crippen LogP contribution in [0.15, 0.2) is 41.6 Å². The van der Waals surface area contributed by atoms with Crippen molar-refractivity contribution >= 4 is 41.0 Å². The van der Waals surface area contributed by atoms with Crippen molar-refractivity contribution in [2.45, 2.75) is 20.0 Å². The molecule has 0 radical (unpaired) electrons. The number of oxime groups is 1. The summed E-state index contributed by atoms with van der Waals surface area (Å²) in [6, 6.07) is 10.1. The van der Waals surface area contributed by atoms with E-state index in [9.17, 15) is 4.79 Å². The number of amides is 1. The summed E-state index contributed by atoms with van der Waals surface area (Å²) in [6.45, 7) is 4.01. The van der Waals surface area contributed by atoms with E-state index in [1.54, 1.807) is 50.4 Å². The third-order valence-electron chi connectivity index (χ3n) is 3.47. The van der Waals surface area contributed by atoms with Crippen molar-refractivity contribution in [2.75, 3.05) is 19.0 Å². The first-order valence-electron chi connectivity index (χ1n) is 8.20. The molecule has 2 rings (SSSR count). The standard InChI is InChI=1S/C19H20Cl2N2O4/c1-4-26-17-8-5-13(9-18(17)25-3)11-22-27-12(2)19(24)23-16-7-6-14(20)10-15(16)21/h5-12H,4H2,1-3H3,(H,23,24)/b22-11-/t12-/m1/s1. The van der Waals surface area contributed by atoms with Gasteiger partial charge in [0.2, 0.25) is 6.10 Å². The van der Waals surface area contributed by atoms with E-state index < -0.39 is 6.10 Å². The minimum Gasteiger partial charge on any atom is -0.493 e. The lowest BCUT2D eigenvalue weighted by atomic mass is 10.2. The van der Waals surface area contributed by atoms with E-state index in [1.165, 1.54) is 6.21 Å². The number of rotatable bonds is 8. The molecule has 6 nitrogen and oxygen atoms in total. The van der Waals surface area contributed by atoms with Gasteiger partial charge in [0.25, 0.3) is 5.91 Å². The molecule has 0 fully saturated rings. The lowest BCUT2D eigenvalue weighted by Gasteiger charge is -2.12. The van der Waals surface area contributed by atoms with Gasteiger partial charge in [0.15, 0.2) is 11.5 Å². The second-order valence-electron chi connectivity index (χ2n) is 5.44. The van der Waals surface area contributed by atoms with Crippen LogP contribution in [0.4, 0.5) is 5.69 Å². The van der Waals surface area contributed by atoms with Gasteiger partial charge in [-0.25, -0.2) is 0 Å². The number of halogens is 2. The number of methoxy groups -OCH3 is 1. The summed E-state index contributed by atoms with van der Waals surface area (Å²) in [4.78, 5) is 17.4. The zero-order valence-electron chi connectivity index (χ0n) is 15.2. The Morgan fingerprint density at radius 3 is 2.67 bits per heavy atom. The van der Waals surface area contributed by atoms with Gasteiger partial charge in [0.05, 0.1) is 30.6 Å². The van der Waals surface area contributed by atoms with Gasteiger partial charge in [-0.2, -0.15) is 0 Å². The summed E-state index contributed by atoms with van der Waals surface area (Å²) in [6.07, 6.45) is 0.662. The molecule has 0 aliphatic rings. The molecular formula is C19H20Cl2N2O4. The van der Waals surface area contributed by atoms with Crippen LogP contribution >= 0.6 is 23.2 Å². The summed E-state index contributed by atoms with van der Waals surface area (Å²) in [5.74, 6) is 0.843. The van der Waals surface area contributed by atoms with Crippen molar-refractivity contribution in [1.29, 1.82) is 0 Å². The van der Waals surface area contributed by atoms with Crippen molar-refractivity contribution in [1.82, 2.24) is 0 Å². The van der Waals surface area contributed by atoms with E-state index in [1.807, 2.05) is 6.92 Å². The highest BCUT2D eigenvalue weighted by atomic mass is 35.5. The quantitative estimate of drug-likeness (QED) is 0.502. The average molecular weight is 411 g/mol. The van der Waals surface area contributed by atoms with Crippen LogP contribution in [0.2, 0.25) is 10.0 Å². The highest BCUT2D eigenvalue weighted by Crippen LogP contribution is 2.27. The summed E-state index contributed by atoms with van der Waals surface area (Å²) in [7, 11) is 1.56. The van der Waals surface area contributed by atoms with E-state index in [0.29, 0.717) is 33.8 Å². The van der Waals surface area contributed by atoms with Crippen LogP contribution in [0.1, 0.15) is 19.4 Å². The van der Waals surface area contributed by atoms with E-state index >= 15 is 0 Å². The Kier molecular flexibility index (Phi) is 7.76. The highest BCUT2D eigenvalue weighted by molar-refractivity contribution is 6.36. The monoisotopic (exact) mass is 410 g/mol. The first-order chi connectivity index (χ1) is 12.9. The van der Waals surface area contributed by atoms with Crippen LogP contribution in [0.5, 0.6) is 11.5 Å². The minimum absolute atomic E-state index is 0.341. The maximum atomic E-state index is 12.2. The number of nitrogens with one attached hydrogen (secondary N) is 1. The molecule has 27 heavy (non-hydrogen) atoms. The third kappa shape index (κ3) is 6.05. The predicted molar refractivity (Wildman–Crippen MR) is 107 cm³/mol. The van der Waals surface area contributed by atoms with E-state index in [2.05, 4.69) is 10.5 Å². The fraction of sp³-hybridized carbons (Fsp3) is 0.263. The normalized spacial score (nSPS) is 11.9. The van der Waals surface area contributed by atoms with Crippen molar-refractivity contribution < 1.29 is 19.1 Å². The molecule has 0 aromatic heterocycles. The van der Waals surface area contributed by atoms with Gasteiger partial charge in [-0.05, 0) is 50.2 Å². The minimum atomic E-state index is -0.822. The van der Waals surface area contributed by atoms with Crippen LogP contribution in [-0.2, 0) is 9.63 Å². The van der Waals surface area contributed by atoms with Gasteiger partial charge in [-0.1, -0.05) is 28.4 Å². The zero-order chi connectivity index (χ0) is 19.8. The molecule has 144 valence electrons. The van der Waals surface area contributed by atoms with Gasteiger partial charge in [0, 0.05) is 10.6 Å². The lowest BCUT2D eigenvalue weighted by molar-refractivity contribution is -0.126. The highest BCUT2D eigenvalue weighted by Gasteiger charge is 2.15. The Morgan fingerprint density at radius 2 is 2.00 bits per heavy atom. The molecule has 0 saturated carbocycles. The fourth-order valence-electron chi connectivity index (χ4n) is 2.09. The Hall–Kier alpha value is -2.44. The molecule has 0 aliphatic carbocycles. The molecule has 0 aliphatic heterocycles. The van der Waals surface area contributed by atoms with Crippen molar-refractivity contribution in [3.63, 3.8) is 0 Å². The maximum absolute atomic E-state index is 12.2. The SMILES string of the molecule is CCOc1ccc(/C=N\O[C@H](C)C(=O)Nc2ccc(Cl)cc2Cl)cc1OC. The first kappa shape index (κ1) is 20.9. The van der Waals surface area contributed by atoms with Crippen molar-refractivity contribution in [2.24, 2.45) is 5.16 Å². The number of hydrogen-bond donors (Lipinski definition) is 1. The van der Waals surface area contributed by atoms with E-state index in [0.717, 1.165) is 5.56 Å². The number of carbonyl (C=O) groups excluding carboxylic acids is 1. The summed E-state index contributed by atoms with van der Waals surface area (Å²) >= 11 is 11.9. The number of nitrogens with zero attached hydrogens (tertiary/aromatic N) is 1. The van der Waals surface area contributed by atoms with Gasteiger partial charge in [0.1, 0.15) is 0 Å². The average Bonchev–Trinajstić information content (AvgIpc) is 2.65. The Balaban J connectivity index is 1.95. The van der Waals surface area contributed by atoms with Crippen LogP contribution in [-0.4, -0.2) is 31.9 Å². The molecule has 8 heteroatoms. The molecule has 0 bridgehead atoms. The summed E-state index contributed by atoms with van der Waals surface area (Å²) < 4.78 is 10.7. The first-order valence-corrected chi connectivity index (χ1v) is 8.96. The third-order valence-corrected chi connectivity index (χ3v) is 4.01. The number of carbonyl (C=O) groups is 1. The molecule has 0 unspecified atom stereocenters. The van der Waals surface area contributed by atoms with Gasteiger partial charge >= 0.3 is 0 Å². The molecule has 0 saturated heterocycles. The summed E-state index contributed by atoms with van der Waals surface area (Å²) in [5.41, 5.74) is 1.19. The van der Waals surface area contributed by atoms with Crippen LogP contribution in [0.25, 0.3) is 0 Å². The molecule has 1 amide bonds. The van der Waals surface area contributed by atoms with Crippen LogP contribution in [0.3, 0.4) is 0 Å². The Morgan fingerprint density at radius 1 is 1.22 bits per heavy atom. The number of anilines is 1. The number of hydrogen-bond acceptors (Lipinski definition) is 5. The Bertz CT molecular complexity index is 827. The van der Waals surface area contributed by atoms with Gasteiger partial charge < -0.3 is 19.6 Å². The summed E-state index contributed by atoms with van der Waals surface area (Å²) in [5, 5.41) is 7.34. The molecule has 1 N–H and O–H groups in total. The number of benzene rings is 2. The van der Waals surface area contributed by atoms with Crippen LogP contribution < -0.4 is 14.8 Å². The number of ether oxygens (including phenoxy) is 2. The van der Waals surface area contributed by atoms with Gasteiger partial charge in [-0.3, -0.25) is 4.79 Å². The zero-order valence-corrected chi connectivity index (χ0v) is 16.7. The predicted octanol–water partition coefficient (Wildman–Crippen LogP) is 4.78.